The van der Waals surface area contributed by atoms with Crippen LogP contribution in [0.2, 0.25) is 0 Å². The molecule has 1 aliphatic heterocycles. The lowest BCUT2D eigenvalue weighted by Crippen LogP contribution is -1.74. The highest BCUT2D eigenvalue weighted by molar-refractivity contribution is 5.69. The topological polar surface area (TPSA) is 39.2 Å². The van der Waals surface area contributed by atoms with Crippen molar-refractivity contribution in [3.63, 3.8) is 0 Å². The summed E-state index contributed by atoms with van der Waals surface area (Å²) in [6.07, 6.45) is 1.64. The number of anilines is 1. The third-order valence-corrected chi connectivity index (χ3v) is 1.45. The number of hydrogen-bond acceptors (Lipinski definition) is 2. The van der Waals surface area contributed by atoms with Crippen molar-refractivity contribution in [1.29, 1.82) is 0 Å². The molecule has 10 heavy (non-hydrogen) atoms. The molecule has 2 aliphatic rings. The van der Waals surface area contributed by atoms with Crippen LogP contribution >= 0.6 is 0 Å². The zero-order chi connectivity index (χ0) is 6.97. The molecule has 1 aliphatic carbocycles. The first-order chi connectivity index (χ1) is 4.86. The second-order valence-corrected chi connectivity index (χ2v) is 2.22. The Labute approximate surface area is 58.6 Å². The van der Waals surface area contributed by atoms with E-state index in [1.54, 1.807) is 6.26 Å². The molecule has 0 unspecified atom stereocenters. The minimum atomic E-state index is 0.755. The third-order valence-electron chi connectivity index (χ3n) is 1.45. The number of hydrogen-bond donors (Lipinski definition) is 1. The lowest BCUT2D eigenvalue weighted by molar-refractivity contribution is 0.567. The highest BCUT2D eigenvalue weighted by atomic mass is 16.3. The summed E-state index contributed by atoms with van der Waals surface area (Å²) in [5.74, 6) is 0.847. The van der Waals surface area contributed by atoms with E-state index in [1.165, 1.54) is 0 Å². The van der Waals surface area contributed by atoms with Crippen LogP contribution in [0.15, 0.2) is 34.9 Å². The molecule has 0 aromatic rings. The van der Waals surface area contributed by atoms with E-state index in [0.717, 1.165) is 17.0 Å². The zero-order valence-electron chi connectivity index (χ0n) is 5.37. The van der Waals surface area contributed by atoms with Crippen molar-refractivity contribution in [2.45, 2.75) is 0 Å². The summed E-state index contributed by atoms with van der Waals surface area (Å²) in [7, 11) is 0. The first kappa shape index (κ1) is 5.35. The van der Waals surface area contributed by atoms with Crippen LogP contribution in [-0.4, -0.2) is 0 Å². The van der Waals surface area contributed by atoms with E-state index >= 15 is 0 Å². The summed E-state index contributed by atoms with van der Waals surface area (Å²) in [5, 5.41) is 0. The molecular formula is C8H7NO. The molecule has 2 heteroatoms. The van der Waals surface area contributed by atoms with Gasteiger partial charge in [0.25, 0.3) is 0 Å². The van der Waals surface area contributed by atoms with Crippen LogP contribution in [0.5, 0.6) is 0 Å². The van der Waals surface area contributed by atoms with Gasteiger partial charge in [-0.15, -0.1) is 0 Å². The molecule has 50 valence electrons. The second-order valence-electron chi connectivity index (χ2n) is 2.22. The van der Waals surface area contributed by atoms with E-state index in [9.17, 15) is 0 Å². The molecule has 0 saturated heterocycles. The largest absolute Gasteiger partial charge is 0.464 e. The average Bonchev–Trinajstić information content (AvgIpc) is 2.27. The number of nitrogen functional groups attached to an aromatic ring is 1. The van der Waals surface area contributed by atoms with Gasteiger partial charge in [-0.05, 0) is 18.2 Å². The molecule has 0 bridgehead atoms. The van der Waals surface area contributed by atoms with Gasteiger partial charge in [0.05, 0.1) is 6.26 Å². The van der Waals surface area contributed by atoms with E-state index in [0.29, 0.717) is 0 Å². The predicted molar refractivity (Wildman–Crippen MR) is 39.7 cm³/mol. The van der Waals surface area contributed by atoms with Crippen molar-refractivity contribution in [1.82, 2.24) is 0 Å². The molecule has 0 atom stereocenters. The van der Waals surface area contributed by atoms with E-state index in [1.807, 2.05) is 24.3 Å². The highest BCUT2D eigenvalue weighted by Gasteiger charge is 2.03. The fourth-order valence-electron chi connectivity index (χ4n) is 1.01. The van der Waals surface area contributed by atoms with Crippen LogP contribution < -0.4 is 5.73 Å². The molecule has 2 nitrogen and oxygen atoms in total. The van der Waals surface area contributed by atoms with Crippen molar-refractivity contribution >= 4 is 5.69 Å². The number of rotatable bonds is 0. The van der Waals surface area contributed by atoms with Gasteiger partial charge in [0.2, 0.25) is 0 Å². The normalized spacial score (nSPS) is 10.4. The molecule has 0 amide bonds. The van der Waals surface area contributed by atoms with E-state index in [2.05, 4.69) is 0 Å². The molecule has 2 rings (SSSR count). The molecule has 0 aromatic carbocycles. The van der Waals surface area contributed by atoms with Crippen molar-refractivity contribution in [2.75, 3.05) is 5.73 Å². The van der Waals surface area contributed by atoms with Crippen molar-refractivity contribution in [3.8, 4) is 11.3 Å². The Morgan fingerprint density at radius 1 is 1.30 bits per heavy atom. The van der Waals surface area contributed by atoms with Gasteiger partial charge in [-0.25, -0.2) is 0 Å². The van der Waals surface area contributed by atoms with Crippen LogP contribution in [0, 0.1) is 0 Å². The maximum absolute atomic E-state index is 5.53. The highest BCUT2D eigenvalue weighted by Crippen LogP contribution is 2.26. The standard InChI is InChI=1S/C8H7NO/c9-7-4-6-2-1-3-10-8(6)5-7/h1-5H,9H2. The van der Waals surface area contributed by atoms with Crippen LogP contribution in [0.3, 0.4) is 0 Å². The summed E-state index contributed by atoms with van der Waals surface area (Å²) in [4.78, 5) is 0. The quantitative estimate of drug-likeness (QED) is 0.596. The maximum Gasteiger partial charge on any atom is 0.135 e. The van der Waals surface area contributed by atoms with Crippen LogP contribution in [0.25, 0.3) is 11.3 Å². The summed E-state index contributed by atoms with van der Waals surface area (Å²) in [6.45, 7) is 0. The molecular weight excluding hydrogens is 126 g/mol. The molecule has 0 saturated carbocycles. The van der Waals surface area contributed by atoms with Gasteiger partial charge in [-0.1, -0.05) is 0 Å². The van der Waals surface area contributed by atoms with E-state index in [-0.39, 0.29) is 0 Å². The van der Waals surface area contributed by atoms with Gasteiger partial charge in [0.1, 0.15) is 5.76 Å². The number of nitrogens with two attached hydrogens (primary N) is 1. The summed E-state index contributed by atoms with van der Waals surface area (Å²) >= 11 is 0. The predicted octanol–water partition coefficient (Wildman–Crippen LogP) is 1.97. The average molecular weight is 133 g/mol. The van der Waals surface area contributed by atoms with Gasteiger partial charge in [-0.3, -0.25) is 0 Å². The molecule has 0 radical (unpaired) electrons. The van der Waals surface area contributed by atoms with Crippen LogP contribution in [0.1, 0.15) is 0 Å². The smallest absolute Gasteiger partial charge is 0.135 e. The molecule has 0 aromatic heterocycles. The second kappa shape index (κ2) is 1.77. The van der Waals surface area contributed by atoms with Gasteiger partial charge >= 0.3 is 0 Å². The zero-order valence-corrected chi connectivity index (χ0v) is 5.37. The Balaban J connectivity index is 2.76. The molecule has 1 heterocycles. The SMILES string of the molecule is Nc1cc2cccoc-2c1. The van der Waals surface area contributed by atoms with Crippen molar-refractivity contribution in [2.24, 2.45) is 0 Å². The lowest BCUT2D eigenvalue weighted by atomic mass is 10.3. The fraction of sp³-hybridized carbons (Fsp3) is 0. The summed E-state index contributed by atoms with van der Waals surface area (Å²) < 4.78 is 5.15. The Bertz CT molecular complexity index is 283. The van der Waals surface area contributed by atoms with Crippen molar-refractivity contribution in [3.05, 3.63) is 30.5 Å². The van der Waals surface area contributed by atoms with Gasteiger partial charge in [-0.2, -0.15) is 0 Å². The Morgan fingerprint density at radius 3 is 3.00 bits per heavy atom. The van der Waals surface area contributed by atoms with Gasteiger partial charge in [0, 0.05) is 17.3 Å². The Morgan fingerprint density at radius 2 is 2.20 bits per heavy atom. The lowest BCUT2D eigenvalue weighted by Gasteiger charge is -1.91. The van der Waals surface area contributed by atoms with Crippen LogP contribution in [-0.2, 0) is 0 Å². The summed E-state index contributed by atoms with van der Waals surface area (Å²) in [6, 6.07) is 7.52. The molecule has 2 N–H and O–H groups in total. The molecule has 0 fully saturated rings. The third kappa shape index (κ3) is 0.658. The maximum atomic E-state index is 5.53. The minimum absolute atomic E-state index is 0.755. The van der Waals surface area contributed by atoms with E-state index in [4.69, 9.17) is 10.2 Å². The van der Waals surface area contributed by atoms with Crippen LogP contribution in [0.4, 0.5) is 5.69 Å². The first-order valence-corrected chi connectivity index (χ1v) is 3.09. The van der Waals surface area contributed by atoms with Gasteiger partial charge in [0.15, 0.2) is 0 Å². The number of fused-ring (bicyclic) bond motifs is 1. The summed E-state index contributed by atoms with van der Waals surface area (Å²) in [5.41, 5.74) is 7.34. The minimum Gasteiger partial charge on any atom is -0.464 e. The Hall–Kier alpha value is -1.44. The Kier molecular flexibility index (Phi) is 0.947. The van der Waals surface area contributed by atoms with Crippen molar-refractivity contribution < 1.29 is 4.42 Å². The first-order valence-electron chi connectivity index (χ1n) is 3.09. The fourth-order valence-corrected chi connectivity index (χ4v) is 1.01. The monoisotopic (exact) mass is 133 g/mol. The van der Waals surface area contributed by atoms with E-state index < -0.39 is 0 Å². The molecule has 0 spiro atoms. The van der Waals surface area contributed by atoms with Gasteiger partial charge < -0.3 is 10.2 Å².